The Kier molecular flexibility index (Phi) is 4.59. The Morgan fingerprint density at radius 3 is 2.86 bits per heavy atom. The third kappa shape index (κ3) is 2.85. The Balaban J connectivity index is 2.00. The van der Waals surface area contributed by atoms with Gasteiger partial charge < -0.3 is 14.5 Å². The molecule has 7 heteroatoms. The third-order valence-electron chi connectivity index (χ3n) is 5.34. The van der Waals surface area contributed by atoms with Gasteiger partial charge in [-0.1, -0.05) is 18.2 Å². The molecular formula is C21H18ClNO5. The van der Waals surface area contributed by atoms with Crippen LogP contribution in [-0.2, 0) is 14.3 Å². The lowest BCUT2D eigenvalue weighted by Gasteiger charge is -2.37. The maximum atomic E-state index is 13.3. The number of hydrogen-bond acceptors (Lipinski definition) is 6. The Hall–Kier alpha value is -2.86. The molecule has 1 aromatic carbocycles. The summed E-state index contributed by atoms with van der Waals surface area (Å²) >= 11 is 6.05. The number of allylic oxidation sites excluding steroid dienone is 2. The van der Waals surface area contributed by atoms with E-state index in [0.29, 0.717) is 52.2 Å². The van der Waals surface area contributed by atoms with Crippen LogP contribution in [0.4, 0.5) is 0 Å². The second kappa shape index (κ2) is 6.95. The Morgan fingerprint density at radius 2 is 2.11 bits per heavy atom. The molecule has 0 amide bonds. The van der Waals surface area contributed by atoms with E-state index in [-0.39, 0.29) is 16.8 Å². The SMILES string of the molecule is C=C1NC2=C(C(=O)CCC2)C(c2coc3ccc(Cl)cc3c2=O)C1C(=O)OC. The van der Waals surface area contributed by atoms with Crippen molar-refractivity contribution in [1.29, 1.82) is 0 Å². The van der Waals surface area contributed by atoms with Crippen molar-refractivity contribution in [2.24, 2.45) is 5.92 Å². The minimum Gasteiger partial charge on any atom is -0.468 e. The highest BCUT2D eigenvalue weighted by Crippen LogP contribution is 2.43. The minimum absolute atomic E-state index is 0.0919. The Morgan fingerprint density at radius 1 is 1.32 bits per heavy atom. The first-order chi connectivity index (χ1) is 13.4. The van der Waals surface area contributed by atoms with E-state index in [1.165, 1.54) is 19.4 Å². The fourth-order valence-electron chi connectivity index (χ4n) is 4.07. The number of carbonyl (C=O) groups is 2. The van der Waals surface area contributed by atoms with Crippen molar-refractivity contribution >= 4 is 34.3 Å². The number of halogens is 1. The molecule has 1 aliphatic carbocycles. The predicted molar refractivity (Wildman–Crippen MR) is 104 cm³/mol. The Bertz CT molecular complexity index is 1110. The highest BCUT2D eigenvalue weighted by atomic mass is 35.5. The molecule has 0 saturated heterocycles. The van der Waals surface area contributed by atoms with E-state index in [1.807, 2.05) is 0 Å². The van der Waals surface area contributed by atoms with Crippen LogP contribution in [0.2, 0.25) is 5.02 Å². The molecule has 0 bridgehead atoms. The van der Waals surface area contributed by atoms with Gasteiger partial charge in [0.15, 0.2) is 11.2 Å². The quantitative estimate of drug-likeness (QED) is 0.778. The van der Waals surface area contributed by atoms with Gasteiger partial charge in [-0.25, -0.2) is 0 Å². The van der Waals surface area contributed by atoms with E-state index in [0.717, 1.165) is 0 Å². The van der Waals surface area contributed by atoms with Gasteiger partial charge >= 0.3 is 5.97 Å². The molecule has 6 nitrogen and oxygen atoms in total. The first-order valence-electron chi connectivity index (χ1n) is 8.93. The van der Waals surface area contributed by atoms with Crippen molar-refractivity contribution in [3.05, 3.63) is 68.8 Å². The second-order valence-electron chi connectivity index (χ2n) is 6.96. The molecular weight excluding hydrogens is 382 g/mol. The van der Waals surface area contributed by atoms with Crippen LogP contribution in [0.1, 0.15) is 30.7 Å². The summed E-state index contributed by atoms with van der Waals surface area (Å²) in [6, 6.07) is 4.76. The third-order valence-corrected chi connectivity index (χ3v) is 5.57. The fourth-order valence-corrected chi connectivity index (χ4v) is 4.24. The van der Waals surface area contributed by atoms with E-state index < -0.39 is 17.8 Å². The molecule has 1 aliphatic heterocycles. The summed E-state index contributed by atoms with van der Waals surface area (Å²) in [4.78, 5) is 38.6. The van der Waals surface area contributed by atoms with Crippen molar-refractivity contribution < 1.29 is 18.7 Å². The summed E-state index contributed by atoms with van der Waals surface area (Å²) in [5.41, 5.74) is 1.80. The zero-order valence-electron chi connectivity index (χ0n) is 15.2. The van der Waals surface area contributed by atoms with Gasteiger partial charge in [0, 0.05) is 39.9 Å². The summed E-state index contributed by atoms with van der Waals surface area (Å²) < 4.78 is 10.6. The van der Waals surface area contributed by atoms with Crippen LogP contribution in [0.25, 0.3) is 11.0 Å². The molecule has 0 spiro atoms. The number of benzene rings is 1. The van der Waals surface area contributed by atoms with Crippen molar-refractivity contribution in [3.8, 4) is 0 Å². The van der Waals surface area contributed by atoms with Crippen molar-refractivity contribution in [2.75, 3.05) is 7.11 Å². The van der Waals surface area contributed by atoms with Crippen molar-refractivity contribution in [3.63, 3.8) is 0 Å². The van der Waals surface area contributed by atoms with Gasteiger partial charge in [-0.05, 0) is 31.0 Å². The van der Waals surface area contributed by atoms with E-state index in [1.54, 1.807) is 12.1 Å². The lowest BCUT2D eigenvalue weighted by Crippen LogP contribution is -2.42. The average molecular weight is 400 g/mol. The van der Waals surface area contributed by atoms with Gasteiger partial charge in [0.1, 0.15) is 11.5 Å². The zero-order valence-corrected chi connectivity index (χ0v) is 16.0. The highest BCUT2D eigenvalue weighted by molar-refractivity contribution is 6.31. The number of esters is 1. The van der Waals surface area contributed by atoms with E-state index in [2.05, 4.69) is 11.9 Å². The molecule has 28 heavy (non-hydrogen) atoms. The normalized spacial score (nSPS) is 22.1. The van der Waals surface area contributed by atoms with Gasteiger partial charge in [-0.2, -0.15) is 0 Å². The van der Waals surface area contributed by atoms with E-state index in [4.69, 9.17) is 20.8 Å². The predicted octanol–water partition coefficient (Wildman–Crippen LogP) is 3.44. The summed E-state index contributed by atoms with van der Waals surface area (Å²) in [6.45, 7) is 3.95. The van der Waals surface area contributed by atoms with Gasteiger partial charge in [-0.15, -0.1) is 0 Å². The number of fused-ring (bicyclic) bond motifs is 1. The van der Waals surface area contributed by atoms with Gasteiger partial charge in [0.05, 0.1) is 18.8 Å². The Labute approximate surface area is 165 Å². The zero-order chi connectivity index (χ0) is 20.0. The molecule has 2 unspecified atom stereocenters. The van der Waals surface area contributed by atoms with Crippen LogP contribution in [-0.4, -0.2) is 18.9 Å². The number of ketones is 1. The maximum absolute atomic E-state index is 13.3. The van der Waals surface area contributed by atoms with Crippen LogP contribution in [0, 0.1) is 5.92 Å². The molecule has 4 rings (SSSR count). The highest BCUT2D eigenvalue weighted by Gasteiger charge is 2.45. The topological polar surface area (TPSA) is 85.6 Å². The second-order valence-corrected chi connectivity index (χ2v) is 7.39. The van der Waals surface area contributed by atoms with Crippen molar-refractivity contribution in [1.82, 2.24) is 5.32 Å². The van der Waals surface area contributed by atoms with Crippen LogP contribution in [0.15, 0.2) is 57.2 Å². The molecule has 0 radical (unpaired) electrons. The number of methoxy groups -OCH3 is 1. The summed E-state index contributed by atoms with van der Waals surface area (Å²) in [5.74, 6) is -2.39. The van der Waals surface area contributed by atoms with E-state index in [9.17, 15) is 14.4 Å². The number of carbonyl (C=O) groups excluding carboxylic acids is 2. The molecule has 144 valence electrons. The van der Waals surface area contributed by atoms with Crippen LogP contribution in [0.5, 0.6) is 0 Å². The molecule has 2 aliphatic rings. The molecule has 0 saturated carbocycles. The molecule has 0 fully saturated rings. The first kappa shape index (κ1) is 18.5. The fraction of sp³-hybridized carbons (Fsp3) is 0.286. The molecule has 1 N–H and O–H groups in total. The molecule has 2 aromatic rings. The monoisotopic (exact) mass is 399 g/mol. The van der Waals surface area contributed by atoms with Crippen LogP contribution >= 0.6 is 11.6 Å². The minimum atomic E-state index is -0.912. The number of ether oxygens (including phenoxy) is 1. The van der Waals surface area contributed by atoms with Crippen LogP contribution < -0.4 is 10.7 Å². The molecule has 2 heterocycles. The summed E-state index contributed by atoms with van der Waals surface area (Å²) in [5, 5.41) is 3.78. The smallest absolute Gasteiger partial charge is 0.315 e. The lowest BCUT2D eigenvalue weighted by molar-refractivity contribution is -0.144. The molecule has 1 aromatic heterocycles. The van der Waals surface area contributed by atoms with Gasteiger partial charge in [0.25, 0.3) is 0 Å². The number of hydrogen-bond donors (Lipinski definition) is 1. The summed E-state index contributed by atoms with van der Waals surface area (Å²) in [7, 11) is 1.27. The van der Waals surface area contributed by atoms with Gasteiger partial charge in [-0.3, -0.25) is 14.4 Å². The number of Topliss-reactive ketones (excluding diaryl/α,β-unsaturated/α-hetero) is 1. The lowest BCUT2D eigenvalue weighted by atomic mass is 9.72. The number of rotatable bonds is 2. The largest absolute Gasteiger partial charge is 0.468 e. The van der Waals surface area contributed by atoms with Crippen LogP contribution in [0.3, 0.4) is 0 Å². The standard InChI is InChI=1S/C21H18ClNO5/c1-10-17(21(26)27-2)18(19-14(23-10)4-3-5-15(19)24)13-9-28-16-7-6-11(22)8-12(16)20(13)25/h6-9,17-18,23H,1,3-5H2,2H3. The first-order valence-corrected chi connectivity index (χ1v) is 9.31. The average Bonchev–Trinajstić information content (AvgIpc) is 2.67. The summed E-state index contributed by atoms with van der Waals surface area (Å²) in [6.07, 6.45) is 3.04. The maximum Gasteiger partial charge on any atom is 0.315 e. The van der Waals surface area contributed by atoms with Crippen molar-refractivity contribution in [2.45, 2.75) is 25.2 Å². The van der Waals surface area contributed by atoms with E-state index >= 15 is 0 Å². The van der Waals surface area contributed by atoms with Gasteiger partial charge in [0.2, 0.25) is 0 Å². The molecule has 2 atom stereocenters. The number of nitrogens with one attached hydrogen (secondary N) is 1.